The summed E-state index contributed by atoms with van der Waals surface area (Å²) in [6.45, 7) is 9.10. The van der Waals surface area contributed by atoms with E-state index < -0.39 is 58.8 Å². The molecule has 0 bridgehead atoms. The first-order chi connectivity index (χ1) is 30.8. The van der Waals surface area contributed by atoms with Gasteiger partial charge in [0.05, 0.1) is 14.2 Å². The zero-order chi connectivity index (χ0) is 47.8. The molecule has 6 rings (SSSR count). The molecule has 0 radical (unpaired) electrons. The van der Waals surface area contributed by atoms with E-state index in [9.17, 15) is 24.4 Å². The van der Waals surface area contributed by atoms with Crippen LogP contribution >= 0.6 is 66.4 Å². The first kappa shape index (κ1) is 54.6. The van der Waals surface area contributed by atoms with E-state index in [0.29, 0.717) is 23.7 Å². The van der Waals surface area contributed by atoms with Gasteiger partial charge in [0.1, 0.15) is 53.9 Å². The van der Waals surface area contributed by atoms with Gasteiger partial charge in [0.25, 0.3) is 3.25 Å². The summed E-state index contributed by atoms with van der Waals surface area (Å²) in [7, 11) is 0.573. The van der Waals surface area contributed by atoms with E-state index in [1.54, 1.807) is 20.3 Å². The molecule has 0 amide bonds. The molecule has 1 aromatic heterocycles. The lowest BCUT2D eigenvalue weighted by molar-refractivity contribution is -0.118. The third kappa shape index (κ3) is 15.8. The Bertz CT molecular complexity index is 2100. The zero-order valence-corrected chi connectivity index (χ0v) is 41.9. The monoisotopic (exact) mass is 1020 g/mol. The van der Waals surface area contributed by atoms with Crippen molar-refractivity contribution in [2.24, 2.45) is 5.41 Å². The molecule has 3 heterocycles. The molecule has 0 aliphatic carbocycles. The van der Waals surface area contributed by atoms with Crippen molar-refractivity contribution in [3.05, 3.63) is 118 Å². The van der Waals surface area contributed by atoms with Gasteiger partial charge in [-0.2, -0.15) is 4.98 Å². The Morgan fingerprint density at radius 1 is 0.923 bits per heavy atom. The van der Waals surface area contributed by atoms with E-state index in [1.165, 1.54) is 45.5 Å². The van der Waals surface area contributed by atoms with Crippen LogP contribution in [0.2, 0.25) is 0 Å². The summed E-state index contributed by atoms with van der Waals surface area (Å²) in [4.78, 5) is 30.4. The minimum atomic E-state index is -2.62. The number of alkyl halides is 4. The van der Waals surface area contributed by atoms with Gasteiger partial charge in [-0.3, -0.25) is 9.36 Å². The standard InChI is InChI=1S/C39H46N3O10PS.C5H11N.CCl4/c1-7-37(2,3)35(44)54-24-23-50-53(47)51-25-31-33(43)38(4,46)34(52-31)42-22-21-32(40-36(42)45)41-39(26-11-9-8-10-12-26,27-13-17-29(48-5)18-14-27)28-15-19-30(49-6)20-16-28;1-2-4-6-5-3-1;2-1(3,4)5/h8-22,31,33-34,43,46H,7,23-25H2,1-6H3;6H,1-5H2;/p+1/t31-,33+,34-,38?;;/m1../s1. The second-order valence-corrected chi connectivity index (χ2v) is 21.3. The van der Waals surface area contributed by atoms with Gasteiger partial charge in [0.2, 0.25) is 0 Å². The molecule has 2 fully saturated rings. The van der Waals surface area contributed by atoms with Gasteiger partial charge < -0.3 is 35.1 Å². The summed E-state index contributed by atoms with van der Waals surface area (Å²) < 4.78 is 39.2. The minimum absolute atomic E-state index is 0.00373. The minimum Gasteiger partial charge on any atom is -0.497 e. The molecule has 0 saturated carbocycles. The first-order valence-corrected chi connectivity index (χ1v) is 24.5. The SMILES string of the molecule is C1CCNCC1.CCC(C)(C)C(=O)SCCO[P+](=O)OC[C@H]1O[C@@H](n2ccc(NC(c3ccccc3)(c3ccc(OC)cc3)c3ccc(OC)cc3)nc2=O)C(C)(O)[C@H]1O.ClC(Cl)(Cl)Cl. The molecule has 20 heteroatoms. The van der Waals surface area contributed by atoms with Crippen LogP contribution in [-0.2, 0) is 28.7 Å². The summed E-state index contributed by atoms with van der Waals surface area (Å²) in [5.41, 5.74) is -1.74. The van der Waals surface area contributed by atoms with Gasteiger partial charge in [-0.15, -0.1) is 9.05 Å². The van der Waals surface area contributed by atoms with E-state index in [0.717, 1.165) is 33.0 Å². The van der Waals surface area contributed by atoms with Gasteiger partial charge in [0.15, 0.2) is 11.3 Å². The number of anilines is 1. The van der Waals surface area contributed by atoms with Crippen molar-refractivity contribution in [3.63, 3.8) is 0 Å². The second-order valence-electron chi connectivity index (χ2n) is 15.9. The van der Waals surface area contributed by atoms with Crippen molar-refractivity contribution >= 4 is 77.4 Å². The van der Waals surface area contributed by atoms with Gasteiger partial charge in [-0.1, -0.05) is 140 Å². The Balaban J connectivity index is 0.000000740. The van der Waals surface area contributed by atoms with Crippen molar-refractivity contribution in [1.82, 2.24) is 14.9 Å². The molecule has 2 unspecified atom stereocenters. The van der Waals surface area contributed by atoms with Crippen LogP contribution in [0, 0.1) is 5.41 Å². The number of nitrogens with one attached hydrogen (secondary N) is 2. The van der Waals surface area contributed by atoms with Crippen LogP contribution in [0.15, 0.2) is 95.9 Å². The number of rotatable bonds is 17. The van der Waals surface area contributed by atoms with Crippen molar-refractivity contribution in [2.75, 3.05) is 51.6 Å². The van der Waals surface area contributed by atoms with Crippen LogP contribution < -0.4 is 25.8 Å². The molecule has 2 aliphatic heterocycles. The quantitative estimate of drug-likeness (QED) is 0.0340. The molecular formula is C45H58Cl4N4O10PS+. The lowest BCUT2D eigenvalue weighted by Gasteiger charge is -2.37. The number of hydrogen-bond acceptors (Lipinski definition) is 14. The number of methoxy groups -OCH3 is 2. The number of nitrogens with zero attached hydrogens (tertiary/aromatic N) is 2. The maximum atomic E-state index is 13.7. The average molecular weight is 1020 g/mol. The van der Waals surface area contributed by atoms with Gasteiger partial charge >= 0.3 is 13.9 Å². The fourth-order valence-corrected chi connectivity index (χ4v) is 8.47. The molecule has 3 aromatic carbocycles. The highest BCUT2D eigenvalue weighted by atomic mass is 35.6. The largest absolute Gasteiger partial charge is 0.697 e. The van der Waals surface area contributed by atoms with Crippen LogP contribution in [-0.4, -0.2) is 92.2 Å². The molecule has 2 saturated heterocycles. The average Bonchev–Trinajstić information content (AvgIpc) is 3.52. The molecule has 4 aromatic rings. The summed E-state index contributed by atoms with van der Waals surface area (Å²) >= 11 is 20.4. The normalized spacial score (nSPS) is 20.1. The number of carbonyl (C=O) groups is 1. The molecule has 0 spiro atoms. The Kier molecular flexibility index (Phi) is 21.3. The summed E-state index contributed by atoms with van der Waals surface area (Å²) in [6.07, 6.45) is 2.30. The molecule has 5 atom stereocenters. The zero-order valence-electron chi connectivity index (χ0n) is 37.2. The third-order valence-electron chi connectivity index (χ3n) is 10.9. The lowest BCUT2D eigenvalue weighted by Crippen LogP contribution is -2.46. The van der Waals surface area contributed by atoms with Crippen molar-refractivity contribution in [1.29, 1.82) is 0 Å². The molecule has 2 aliphatic rings. The first-order valence-electron chi connectivity index (χ1n) is 20.9. The number of aromatic nitrogens is 2. The number of halogens is 4. The van der Waals surface area contributed by atoms with Gasteiger partial charge in [-0.05, 0) is 86.3 Å². The van der Waals surface area contributed by atoms with Gasteiger partial charge in [-0.25, -0.2) is 4.79 Å². The number of benzene rings is 3. The van der Waals surface area contributed by atoms with Crippen molar-refractivity contribution < 1.29 is 42.8 Å². The van der Waals surface area contributed by atoms with Crippen LogP contribution in [0.25, 0.3) is 0 Å². The third-order valence-corrected chi connectivity index (χ3v) is 12.8. The lowest BCUT2D eigenvalue weighted by atomic mass is 9.77. The van der Waals surface area contributed by atoms with Gasteiger partial charge in [0, 0.05) is 21.9 Å². The summed E-state index contributed by atoms with van der Waals surface area (Å²) in [5.74, 6) is 1.85. The Hall–Kier alpha value is -3.02. The smallest absolute Gasteiger partial charge is 0.497 e. The number of piperidine rings is 1. The fourth-order valence-electron chi connectivity index (χ4n) is 6.88. The predicted molar refractivity (Wildman–Crippen MR) is 259 cm³/mol. The highest BCUT2D eigenvalue weighted by Gasteiger charge is 2.54. The number of ether oxygens (including phenoxy) is 3. The van der Waals surface area contributed by atoms with Crippen LogP contribution in [0.1, 0.15) is 76.3 Å². The molecule has 4 N–H and O–H groups in total. The summed E-state index contributed by atoms with van der Waals surface area (Å²) in [6, 6.07) is 26.5. The molecule has 356 valence electrons. The maximum absolute atomic E-state index is 13.7. The number of thioether (sulfide) groups is 1. The number of aliphatic hydroxyl groups excluding tert-OH is 1. The number of hydrogen-bond donors (Lipinski definition) is 4. The van der Waals surface area contributed by atoms with E-state index in [-0.39, 0.29) is 17.5 Å². The van der Waals surface area contributed by atoms with Crippen LogP contribution in [0.5, 0.6) is 11.5 Å². The Morgan fingerprint density at radius 3 is 1.92 bits per heavy atom. The summed E-state index contributed by atoms with van der Waals surface area (Å²) in [5, 5.41) is 29.2. The Labute approximate surface area is 405 Å². The van der Waals surface area contributed by atoms with E-state index >= 15 is 0 Å². The molecular weight excluding hydrogens is 961 g/mol. The topological polar surface area (TPSA) is 180 Å². The highest BCUT2D eigenvalue weighted by molar-refractivity contribution is 8.13. The van der Waals surface area contributed by atoms with E-state index in [1.807, 2.05) is 99.6 Å². The highest BCUT2D eigenvalue weighted by Crippen LogP contribution is 2.42. The fraction of sp³-hybridized carbons (Fsp3) is 0.489. The molecule has 65 heavy (non-hydrogen) atoms. The number of carbonyl (C=O) groups excluding carboxylic acids is 1. The van der Waals surface area contributed by atoms with Crippen molar-refractivity contribution in [2.45, 2.75) is 86.2 Å². The predicted octanol–water partition coefficient (Wildman–Crippen LogP) is 9.37. The number of aliphatic hydroxyl groups is 2. The van der Waals surface area contributed by atoms with E-state index in [4.69, 9.17) is 69.7 Å². The maximum Gasteiger partial charge on any atom is 0.697 e. The van der Waals surface area contributed by atoms with E-state index in [2.05, 4.69) is 15.6 Å². The Morgan fingerprint density at radius 2 is 1.46 bits per heavy atom. The van der Waals surface area contributed by atoms with Crippen molar-refractivity contribution in [3.8, 4) is 11.5 Å². The van der Waals surface area contributed by atoms with Crippen LogP contribution in [0.3, 0.4) is 0 Å². The van der Waals surface area contributed by atoms with Crippen LogP contribution in [0.4, 0.5) is 5.82 Å². The molecule has 14 nitrogen and oxygen atoms in total. The second kappa shape index (κ2) is 25.4.